The second-order valence-electron chi connectivity index (χ2n) is 3.65. The molecule has 0 unspecified atom stereocenters. The molecule has 0 aromatic carbocycles. The van der Waals surface area contributed by atoms with Crippen LogP contribution in [0.1, 0.15) is 32.1 Å². The highest BCUT2D eigenvalue weighted by Gasteiger charge is 2.23. The summed E-state index contributed by atoms with van der Waals surface area (Å²) in [6.07, 6.45) is 1.59. The monoisotopic (exact) mass is 225 g/mol. The van der Waals surface area contributed by atoms with E-state index in [4.69, 9.17) is 5.41 Å². The summed E-state index contributed by atoms with van der Waals surface area (Å²) in [5.41, 5.74) is 0.114. The van der Waals surface area contributed by atoms with E-state index in [-0.39, 0.29) is 35.7 Å². The Morgan fingerprint density at radius 2 is 2.12 bits per heavy atom. The van der Waals surface area contributed by atoms with Crippen molar-refractivity contribution in [1.29, 1.82) is 5.41 Å². The topological polar surface area (TPSA) is 87.5 Å². The van der Waals surface area contributed by atoms with E-state index in [1.165, 1.54) is 7.11 Å². The number of methoxy groups -OCH3 is 1. The summed E-state index contributed by atoms with van der Waals surface area (Å²) in [7, 11) is 1.27. The summed E-state index contributed by atoms with van der Waals surface area (Å²) >= 11 is 0. The van der Waals surface area contributed by atoms with Crippen molar-refractivity contribution in [2.45, 2.75) is 32.1 Å². The van der Waals surface area contributed by atoms with E-state index >= 15 is 0 Å². The number of Topliss-reactive ketones (excluding diaryl/α,β-unsaturated/α-hetero) is 1. The molecule has 5 heteroatoms. The van der Waals surface area contributed by atoms with Crippen molar-refractivity contribution in [2.75, 3.05) is 7.11 Å². The molecule has 0 aromatic rings. The first-order valence-electron chi connectivity index (χ1n) is 5.16. The quantitative estimate of drug-likeness (QED) is 0.561. The van der Waals surface area contributed by atoms with Crippen molar-refractivity contribution < 1.29 is 19.4 Å². The van der Waals surface area contributed by atoms with Gasteiger partial charge in [-0.05, 0) is 6.42 Å². The first-order valence-corrected chi connectivity index (χ1v) is 5.16. The van der Waals surface area contributed by atoms with Crippen molar-refractivity contribution in [3.8, 4) is 0 Å². The van der Waals surface area contributed by atoms with Gasteiger partial charge in [0.25, 0.3) is 0 Å². The summed E-state index contributed by atoms with van der Waals surface area (Å²) in [5, 5.41) is 17.2. The van der Waals surface area contributed by atoms with Crippen LogP contribution in [0.5, 0.6) is 0 Å². The maximum Gasteiger partial charge on any atom is 0.305 e. The van der Waals surface area contributed by atoms with E-state index in [0.717, 1.165) is 0 Å². The Kier molecular flexibility index (Phi) is 4.22. The second kappa shape index (κ2) is 5.44. The van der Waals surface area contributed by atoms with Crippen molar-refractivity contribution >= 4 is 17.5 Å². The molecule has 0 spiro atoms. The number of ether oxygens (including phenoxy) is 1. The molecule has 0 fully saturated rings. The lowest BCUT2D eigenvalue weighted by atomic mass is 9.91. The molecule has 0 aliphatic heterocycles. The molecule has 0 radical (unpaired) electrons. The first kappa shape index (κ1) is 12.4. The zero-order valence-electron chi connectivity index (χ0n) is 9.21. The maximum absolute atomic E-state index is 11.5. The minimum absolute atomic E-state index is 0.0209. The van der Waals surface area contributed by atoms with Crippen LogP contribution in [0, 0.1) is 5.41 Å². The van der Waals surface area contributed by atoms with Crippen LogP contribution < -0.4 is 0 Å². The van der Waals surface area contributed by atoms with Crippen LogP contribution in [0.4, 0.5) is 0 Å². The Morgan fingerprint density at radius 3 is 2.69 bits per heavy atom. The zero-order chi connectivity index (χ0) is 12.1. The SMILES string of the molecule is COC(=O)CCC(=N)C1=C(O)CCCC1=O. The van der Waals surface area contributed by atoms with Crippen molar-refractivity contribution in [2.24, 2.45) is 0 Å². The lowest BCUT2D eigenvalue weighted by molar-refractivity contribution is -0.140. The van der Waals surface area contributed by atoms with Gasteiger partial charge >= 0.3 is 5.97 Å². The average Bonchev–Trinajstić information content (AvgIpc) is 2.25. The molecular weight excluding hydrogens is 210 g/mol. The van der Waals surface area contributed by atoms with E-state index in [0.29, 0.717) is 19.3 Å². The molecule has 0 saturated carbocycles. The molecule has 0 aromatic heterocycles. The number of nitrogens with one attached hydrogen (secondary N) is 1. The summed E-state index contributed by atoms with van der Waals surface area (Å²) in [5.74, 6) is -0.655. The third-order valence-corrected chi connectivity index (χ3v) is 2.49. The number of aliphatic hydroxyl groups excluding tert-OH is 1. The number of rotatable bonds is 4. The molecule has 0 saturated heterocycles. The van der Waals surface area contributed by atoms with Crippen LogP contribution in [0.3, 0.4) is 0 Å². The average molecular weight is 225 g/mol. The molecule has 1 aliphatic carbocycles. The van der Waals surface area contributed by atoms with Gasteiger partial charge in [0.15, 0.2) is 5.78 Å². The van der Waals surface area contributed by atoms with Crippen molar-refractivity contribution in [1.82, 2.24) is 0 Å². The molecule has 16 heavy (non-hydrogen) atoms. The van der Waals surface area contributed by atoms with Gasteiger partial charge in [-0.25, -0.2) is 0 Å². The van der Waals surface area contributed by atoms with Crippen molar-refractivity contribution in [3.63, 3.8) is 0 Å². The first-order chi connectivity index (χ1) is 7.56. The van der Waals surface area contributed by atoms with E-state index < -0.39 is 5.97 Å². The van der Waals surface area contributed by atoms with E-state index in [2.05, 4.69) is 4.74 Å². The fourth-order valence-corrected chi connectivity index (χ4v) is 1.62. The summed E-state index contributed by atoms with van der Waals surface area (Å²) < 4.78 is 4.44. The number of ketones is 1. The number of hydrogen-bond acceptors (Lipinski definition) is 5. The number of carbonyl (C=O) groups is 2. The smallest absolute Gasteiger partial charge is 0.305 e. The minimum atomic E-state index is -0.423. The van der Waals surface area contributed by atoms with Gasteiger partial charge in [0.1, 0.15) is 5.76 Å². The predicted octanol–water partition coefficient (Wildman–Crippen LogP) is 1.52. The highest BCUT2D eigenvalue weighted by Crippen LogP contribution is 2.22. The number of allylic oxidation sites excluding steroid dienone is 2. The lowest BCUT2D eigenvalue weighted by Crippen LogP contribution is -2.19. The van der Waals surface area contributed by atoms with Gasteiger partial charge in [0.05, 0.1) is 19.1 Å². The van der Waals surface area contributed by atoms with Gasteiger partial charge in [0, 0.05) is 25.0 Å². The Bertz CT molecular complexity index is 357. The predicted molar refractivity (Wildman–Crippen MR) is 57.5 cm³/mol. The van der Waals surface area contributed by atoms with Crippen LogP contribution in [0.15, 0.2) is 11.3 Å². The molecular formula is C11H15NO4. The Morgan fingerprint density at radius 1 is 1.44 bits per heavy atom. The number of esters is 1. The molecule has 0 heterocycles. The largest absolute Gasteiger partial charge is 0.511 e. The Labute approximate surface area is 93.6 Å². The molecule has 1 aliphatic rings. The number of aliphatic hydroxyl groups is 1. The summed E-state index contributed by atoms with van der Waals surface area (Å²) in [4.78, 5) is 22.4. The van der Waals surface area contributed by atoms with Crippen LogP contribution in [0.25, 0.3) is 0 Å². The minimum Gasteiger partial charge on any atom is -0.511 e. The van der Waals surface area contributed by atoms with Gasteiger partial charge in [0.2, 0.25) is 0 Å². The number of carbonyl (C=O) groups excluding carboxylic acids is 2. The maximum atomic E-state index is 11.5. The fourth-order valence-electron chi connectivity index (χ4n) is 1.62. The van der Waals surface area contributed by atoms with Gasteiger partial charge in [-0.2, -0.15) is 0 Å². The van der Waals surface area contributed by atoms with E-state index in [9.17, 15) is 14.7 Å². The Hall–Kier alpha value is -1.65. The van der Waals surface area contributed by atoms with E-state index in [1.807, 2.05) is 0 Å². The molecule has 1 rings (SSSR count). The van der Waals surface area contributed by atoms with Crippen LogP contribution in [-0.2, 0) is 14.3 Å². The Balaban J connectivity index is 2.65. The normalized spacial score (nSPS) is 16.2. The highest BCUT2D eigenvalue weighted by molar-refractivity contribution is 6.22. The molecule has 88 valence electrons. The van der Waals surface area contributed by atoms with Gasteiger partial charge in [-0.1, -0.05) is 0 Å². The number of hydrogen-bond donors (Lipinski definition) is 2. The lowest BCUT2D eigenvalue weighted by Gasteiger charge is -2.15. The van der Waals surface area contributed by atoms with Crippen molar-refractivity contribution in [3.05, 3.63) is 11.3 Å². The zero-order valence-corrected chi connectivity index (χ0v) is 9.21. The summed E-state index contributed by atoms with van der Waals surface area (Å²) in [6.45, 7) is 0. The molecule has 0 bridgehead atoms. The van der Waals surface area contributed by atoms with E-state index in [1.54, 1.807) is 0 Å². The van der Waals surface area contributed by atoms with Gasteiger partial charge in [-0.3, -0.25) is 9.59 Å². The van der Waals surface area contributed by atoms with Gasteiger partial charge in [-0.15, -0.1) is 0 Å². The second-order valence-corrected chi connectivity index (χ2v) is 3.65. The van der Waals surface area contributed by atoms with Crippen LogP contribution in [-0.4, -0.2) is 29.7 Å². The molecule has 0 amide bonds. The third kappa shape index (κ3) is 2.92. The third-order valence-electron chi connectivity index (χ3n) is 2.49. The standard InChI is InChI=1S/C11H15NO4/c1-16-10(15)6-5-7(12)11-8(13)3-2-4-9(11)14/h12-13H,2-6H2,1H3. The molecule has 2 N–H and O–H groups in total. The van der Waals surface area contributed by atoms with Crippen LogP contribution in [0.2, 0.25) is 0 Å². The van der Waals surface area contributed by atoms with Crippen LogP contribution >= 0.6 is 0 Å². The fraction of sp³-hybridized carbons (Fsp3) is 0.545. The highest BCUT2D eigenvalue weighted by atomic mass is 16.5. The summed E-state index contributed by atoms with van der Waals surface area (Å²) in [6, 6.07) is 0. The molecule has 0 atom stereocenters. The molecule has 5 nitrogen and oxygen atoms in total. The van der Waals surface area contributed by atoms with Gasteiger partial charge < -0.3 is 15.3 Å².